The number of carbonyl (C=O) groups is 1. The summed E-state index contributed by atoms with van der Waals surface area (Å²) in [5, 5.41) is 3.83. The topological polar surface area (TPSA) is 76.6 Å². The first-order valence-corrected chi connectivity index (χ1v) is 11.5. The number of hydrogen-bond donors (Lipinski definition) is 1. The molecule has 2 aromatic heterocycles. The Kier molecular flexibility index (Phi) is 6.59. The summed E-state index contributed by atoms with van der Waals surface area (Å²) in [4.78, 5) is 23.5. The number of nitrogens with zero attached hydrogens (tertiary/aromatic N) is 3. The number of rotatable bonds is 4. The van der Waals surface area contributed by atoms with Gasteiger partial charge in [-0.2, -0.15) is 0 Å². The SMILES string of the molecule is COc1cnc2ncc(-c3cc(C)cc(F)c3)c(N3CCC(NC(=O)OC(C)(C)C)CC3)c2c1. The van der Waals surface area contributed by atoms with E-state index in [9.17, 15) is 9.18 Å². The van der Waals surface area contributed by atoms with Crippen LogP contribution in [0.4, 0.5) is 14.9 Å². The number of carbonyl (C=O) groups excluding carboxylic acids is 1. The Balaban J connectivity index is 1.67. The van der Waals surface area contributed by atoms with Gasteiger partial charge in [-0.25, -0.2) is 19.2 Å². The van der Waals surface area contributed by atoms with Crippen molar-refractivity contribution < 1.29 is 18.7 Å². The molecule has 1 fully saturated rings. The molecule has 0 bridgehead atoms. The lowest BCUT2D eigenvalue weighted by atomic mass is 9.98. The number of piperidine rings is 1. The fraction of sp³-hybridized carbons (Fsp3) is 0.423. The molecule has 0 saturated carbocycles. The summed E-state index contributed by atoms with van der Waals surface area (Å²) in [6.45, 7) is 8.83. The zero-order valence-electron chi connectivity index (χ0n) is 20.3. The van der Waals surface area contributed by atoms with Crippen LogP contribution in [0.5, 0.6) is 5.75 Å². The number of pyridine rings is 2. The van der Waals surface area contributed by atoms with Crippen LogP contribution in [0.1, 0.15) is 39.2 Å². The molecule has 4 rings (SSSR count). The van der Waals surface area contributed by atoms with Crippen molar-refractivity contribution in [3.63, 3.8) is 0 Å². The molecule has 0 unspecified atom stereocenters. The molecule has 1 aromatic carbocycles. The zero-order chi connectivity index (χ0) is 24.5. The van der Waals surface area contributed by atoms with E-state index >= 15 is 0 Å². The minimum absolute atomic E-state index is 0.0201. The quantitative estimate of drug-likeness (QED) is 0.566. The van der Waals surface area contributed by atoms with Gasteiger partial charge in [0.05, 0.1) is 19.0 Å². The number of anilines is 1. The highest BCUT2D eigenvalue weighted by atomic mass is 19.1. The van der Waals surface area contributed by atoms with E-state index in [1.54, 1.807) is 19.5 Å². The fourth-order valence-corrected chi connectivity index (χ4v) is 4.32. The van der Waals surface area contributed by atoms with E-state index in [1.165, 1.54) is 12.1 Å². The molecule has 0 aliphatic carbocycles. The van der Waals surface area contributed by atoms with Crippen LogP contribution in [0.3, 0.4) is 0 Å². The minimum atomic E-state index is -0.537. The number of aryl methyl sites for hydroxylation is 1. The Morgan fingerprint density at radius 3 is 2.47 bits per heavy atom. The highest BCUT2D eigenvalue weighted by Crippen LogP contribution is 2.39. The molecule has 34 heavy (non-hydrogen) atoms. The number of alkyl carbamates (subject to hydrolysis) is 1. The number of amides is 1. The van der Waals surface area contributed by atoms with Gasteiger partial charge >= 0.3 is 6.09 Å². The number of aromatic nitrogens is 2. The van der Waals surface area contributed by atoms with Crippen molar-refractivity contribution in [2.45, 2.75) is 52.2 Å². The smallest absolute Gasteiger partial charge is 0.407 e. The van der Waals surface area contributed by atoms with Crippen molar-refractivity contribution >= 4 is 22.8 Å². The van der Waals surface area contributed by atoms with Gasteiger partial charge in [0.25, 0.3) is 0 Å². The molecule has 0 radical (unpaired) electrons. The summed E-state index contributed by atoms with van der Waals surface area (Å²) >= 11 is 0. The maximum Gasteiger partial charge on any atom is 0.407 e. The predicted molar refractivity (Wildman–Crippen MR) is 131 cm³/mol. The maximum atomic E-state index is 14.3. The first-order valence-electron chi connectivity index (χ1n) is 11.5. The summed E-state index contributed by atoms with van der Waals surface area (Å²) in [5.41, 5.74) is 3.44. The second kappa shape index (κ2) is 9.44. The monoisotopic (exact) mass is 466 g/mol. The summed E-state index contributed by atoms with van der Waals surface area (Å²) in [7, 11) is 1.60. The van der Waals surface area contributed by atoms with Crippen molar-refractivity contribution in [2.75, 3.05) is 25.1 Å². The van der Waals surface area contributed by atoms with E-state index in [2.05, 4.69) is 20.2 Å². The van der Waals surface area contributed by atoms with Crippen molar-refractivity contribution in [2.24, 2.45) is 0 Å². The van der Waals surface area contributed by atoms with E-state index in [0.29, 0.717) is 24.5 Å². The molecule has 1 saturated heterocycles. The largest absolute Gasteiger partial charge is 0.495 e. The lowest BCUT2D eigenvalue weighted by Gasteiger charge is -2.36. The normalized spacial score (nSPS) is 14.8. The number of fused-ring (bicyclic) bond motifs is 1. The molecule has 1 amide bonds. The first kappa shape index (κ1) is 23.7. The summed E-state index contributed by atoms with van der Waals surface area (Å²) in [5.74, 6) is 0.342. The van der Waals surface area contributed by atoms with Crippen LogP contribution in [0.15, 0.2) is 36.7 Å². The number of nitrogens with one attached hydrogen (secondary N) is 1. The van der Waals surface area contributed by atoms with E-state index in [0.717, 1.165) is 40.6 Å². The molecule has 0 atom stereocenters. The molecule has 7 nitrogen and oxygen atoms in total. The van der Waals surface area contributed by atoms with Gasteiger partial charge in [-0.3, -0.25) is 0 Å². The van der Waals surface area contributed by atoms with Crippen LogP contribution in [-0.4, -0.2) is 47.9 Å². The van der Waals surface area contributed by atoms with Crippen LogP contribution >= 0.6 is 0 Å². The van der Waals surface area contributed by atoms with E-state index < -0.39 is 11.7 Å². The van der Waals surface area contributed by atoms with Crippen molar-refractivity contribution in [3.8, 4) is 16.9 Å². The Hall–Kier alpha value is -3.42. The molecule has 1 aliphatic rings. The third-order valence-electron chi connectivity index (χ3n) is 5.79. The molecule has 1 aliphatic heterocycles. The number of benzene rings is 1. The average molecular weight is 467 g/mol. The lowest BCUT2D eigenvalue weighted by molar-refractivity contribution is 0.0497. The highest BCUT2D eigenvalue weighted by Gasteiger charge is 2.26. The van der Waals surface area contributed by atoms with Crippen molar-refractivity contribution in [1.29, 1.82) is 0 Å². The van der Waals surface area contributed by atoms with Crippen LogP contribution in [0.25, 0.3) is 22.2 Å². The molecule has 3 heterocycles. The Bertz CT molecular complexity index is 1180. The van der Waals surface area contributed by atoms with Gasteiger partial charge in [0.2, 0.25) is 0 Å². The minimum Gasteiger partial charge on any atom is -0.495 e. The second-order valence-electron chi connectivity index (χ2n) is 9.69. The van der Waals surface area contributed by atoms with Gasteiger partial charge < -0.3 is 19.7 Å². The van der Waals surface area contributed by atoms with E-state index in [-0.39, 0.29) is 11.9 Å². The summed E-state index contributed by atoms with van der Waals surface area (Å²) in [6, 6.07) is 6.94. The number of halogens is 1. The van der Waals surface area contributed by atoms with Crippen LogP contribution < -0.4 is 15.0 Å². The Labute approximate surface area is 199 Å². The predicted octanol–water partition coefficient (Wildman–Crippen LogP) is 5.25. The number of hydrogen-bond acceptors (Lipinski definition) is 6. The molecule has 3 aromatic rings. The molecule has 1 N–H and O–H groups in total. The molecular weight excluding hydrogens is 435 g/mol. The highest BCUT2D eigenvalue weighted by molar-refractivity contribution is 5.99. The molecule has 180 valence electrons. The van der Waals surface area contributed by atoms with Crippen LogP contribution in [0, 0.1) is 12.7 Å². The van der Waals surface area contributed by atoms with Crippen LogP contribution in [0.2, 0.25) is 0 Å². The first-order chi connectivity index (χ1) is 16.1. The third-order valence-corrected chi connectivity index (χ3v) is 5.79. The van der Waals surface area contributed by atoms with Gasteiger partial charge in [-0.05, 0) is 69.9 Å². The third kappa shape index (κ3) is 5.38. The standard InChI is InChI=1S/C26H31FN4O3/c1-16-10-17(12-18(27)11-16)22-15-29-24-21(13-20(33-5)14-28-24)23(22)31-8-6-19(7-9-31)30-25(32)34-26(2,3)4/h10-15,19H,6-9H2,1-5H3,(H,30,32). The lowest BCUT2D eigenvalue weighted by Crippen LogP contribution is -2.46. The average Bonchev–Trinajstić information content (AvgIpc) is 2.76. The summed E-state index contributed by atoms with van der Waals surface area (Å²) in [6.07, 6.45) is 4.51. The molecular formula is C26H31FN4O3. The number of ether oxygens (including phenoxy) is 2. The van der Waals surface area contributed by atoms with Gasteiger partial charge in [-0.1, -0.05) is 6.07 Å². The molecule has 8 heteroatoms. The summed E-state index contributed by atoms with van der Waals surface area (Å²) < 4.78 is 25.1. The van der Waals surface area contributed by atoms with E-state index in [4.69, 9.17) is 9.47 Å². The molecule has 0 spiro atoms. The second-order valence-corrected chi connectivity index (χ2v) is 9.69. The van der Waals surface area contributed by atoms with Crippen molar-refractivity contribution in [3.05, 3.63) is 48.0 Å². The van der Waals surface area contributed by atoms with Crippen molar-refractivity contribution in [1.82, 2.24) is 15.3 Å². The zero-order valence-corrected chi connectivity index (χ0v) is 20.3. The Morgan fingerprint density at radius 1 is 1.12 bits per heavy atom. The Morgan fingerprint density at radius 2 is 1.82 bits per heavy atom. The van der Waals surface area contributed by atoms with Gasteiger partial charge in [0, 0.05) is 36.3 Å². The van der Waals surface area contributed by atoms with Gasteiger partial charge in [0.15, 0.2) is 5.65 Å². The number of methoxy groups -OCH3 is 1. The van der Waals surface area contributed by atoms with Gasteiger partial charge in [-0.15, -0.1) is 0 Å². The van der Waals surface area contributed by atoms with Gasteiger partial charge in [0.1, 0.15) is 17.2 Å². The van der Waals surface area contributed by atoms with E-state index in [1.807, 2.05) is 39.8 Å². The van der Waals surface area contributed by atoms with Crippen LogP contribution in [-0.2, 0) is 4.74 Å². The maximum absolute atomic E-state index is 14.3. The fourth-order valence-electron chi connectivity index (χ4n) is 4.32.